The second-order valence-corrected chi connectivity index (χ2v) is 12.1. The lowest BCUT2D eigenvalue weighted by molar-refractivity contribution is -0.145. The maximum atomic E-state index is 13.9. The number of carbonyl (C=O) groups excluding carboxylic acids is 3. The molecule has 1 aliphatic carbocycles. The van der Waals surface area contributed by atoms with Crippen LogP contribution in [0.1, 0.15) is 80.1 Å². The number of ether oxygens (including phenoxy) is 1. The number of likely N-dealkylation sites (tertiary alicyclic amines) is 1. The average Bonchev–Trinajstić information content (AvgIpc) is 3.26. The maximum absolute atomic E-state index is 13.9. The second-order valence-electron chi connectivity index (χ2n) is 12.1. The Hall–Kier alpha value is -1.89. The first-order valence-electron chi connectivity index (χ1n) is 12.7. The minimum Gasteiger partial charge on any atom is -0.356 e. The van der Waals surface area contributed by atoms with E-state index in [1.165, 1.54) is 6.42 Å². The summed E-state index contributed by atoms with van der Waals surface area (Å²) in [5, 5.41) is 6.29. The van der Waals surface area contributed by atoms with E-state index >= 15 is 0 Å². The molecule has 7 heteroatoms. The van der Waals surface area contributed by atoms with Crippen LogP contribution in [-0.4, -0.2) is 58.0 Å². The van der Waals surface area contributed by atoms with E-state index in [0.717, 1.165) is 32.1 Å². The third-order valence-electron chi connectivity index (χ3n) is 7.72. The van der Waals surface area contributed by atoms with E-state index in [-0.39, 0.29) is 23.8 Å². The third-order valence-corrected chi connectivity index (χ3v) is 7.72. The van der Waals surface area contributed by atoms with Crippen LogP contribution < -0.4 is 10.6 Å². The molecule has 2 bridgehead atoms. The van der Waals surface area contributed by atoms with Crippen molar-refractivity contribution >= 4 is 17.7 Å². The van der Waals surface area contributed by atoms with Crippen molar-refractivity contribution in [2.45, 2.75) is 109 Å². The molecule has 0 aromatic rings. The molecular formula is C26H41N3O4. The number of carbonyl (C=O) groups is 3. The smallest absolute Gasteiger partial charge is 0.246 e. The van der Waals surface area contributed by atoms with Crippen molar-refractivity contribution in [2.24, 2.45) is 17.8 Å². The maximum Gasteiger partial charge on any atom is 0.246 e. The Morgan fingerprint density at radius 3 is 2.42 bits per heavy atom. The molecule has 0 unspecified atom stereocenters. The number of fused-ring (bicyclic) bond motifs is 1. The SMILES string of the molecule is CC(C)CCN1C(=O)[C@@H]2[C@@H](C(=O)NC3CCCCC3)[C@@]3(C)C=C[C@@]2(O3)[C@H]1C(=O)NC(C)(C)C. The van der Waals surface area contributed by atoms with Crippen molar-refractivity contribution in [3.8, 4) is 0 Å². The summed E-state index contributed by atoms with van der Waals surface area (Å²) in [4.78, 5) is 42.7. The van der Waals surface area contributed by atoms with Crippen LogP contribution in [-0.2, 0) is 19.1 Å². The fourth-order valence-corrected chi connectivity index (χ4v) is 6.24. The van der Waals surface area contributed by atoms with Gasteiger partial charge in [0.2, 0.25) is 17.7 Å². The first-order chi connectivity index (χ1) is 15.4. The summed E-state index contributed by atoms with van der Waals surface area (Å²) >= 11 is 0. The Kier molecular flexibility index (Phi) is 6.17. The van der Waals surface area contributed by atoms with Crippen molar-refractivity contribution in [3.63, 3.8) is 0 Å². The first-order valence-corrected chi connectivity index (χ1v) is 12.7. The van der Waals surface area contributed by atoms with E-state index in [1.54, 1.807) is 4.90 Å². The molecule has 1 saturated carbocycles. The Morgan fingerprint density at radius 2 is 1.82 bits per heavy atom. The lowest BCUT2D eigenvalue weighted by Crippen LogP contribution is -2.58. The molecule has 33 heavy (non-hydrogen) atoms. The van der Waals surface area contributed by atoms with Gasteiger partial charge in [-0.3, -0.25) is 14.4 Å². The molecule has 5 atom stereocenters. The van der Waals surface area contributed by atoms with Gasteiger partial charge in [0.25, 0.3) is 0 Å². The van der Waals surface area contributed by atoms with Gasteiger partial charge < -0.3 is 20.3 Å². The van der Waals surface area contributed by atoms with E-state index in [1.807, 2.05) is 39.8 Å². The Labute approximate surface area is 198 Å². The Balaban J connectivity index is 1.67. The number of hydrogen-bond acceptors (Lipinski definition) is 4. The van der Waals surface area contributed by atoms with E-state index in [0.29, 0.717) is 12.5 Å². The summed E-state index contributed by atoms with van der Waals surface area (Å²) in [6.45, 7) is 12.4. The van der Waals surface area contributed by atoms with Gasteiger partial charge in [0, 0.05) is 18.1 Å². The molecule has 4 rings (SSSR count). The zero-order chi connectivity index (χ0) is 24.2. The van der Waals surface area contributed by atoms with Crippen molar-refractivity contribution < 1.29 is 19.1 Å². The molecule has 3 fully saturated rings. The van der Waals surface area contributed by atoms with Gasteiger partial charge in [-0.05, 0) is 52.9 Å². The summed E-state index contributed by atoms with van der Waals surface area (Å²) in [7, 11) is 0. The molecule has 1 spiro atoms. The average molecular weight is 460 g/mol. The van der Waals surface area contributed by atoms with Crippen molar-refractivity contribution in [1.82, 2.24) is 15.5 Å². The molecule has 7 nitrogen and oxygen atoms in total. The van der Waals surface area contributed by atoms with Gasteiger partial charge in [-0.25, -0.2) is 0 Å². The number of nitrogens with zero attached hydrogens (tertiary/aromatic N) is 1. The van der Waals surface area contributed by atoms with Crippen LogP contribution in [0.4, 0.5) is 0 Å². The third kappa shape index (κ3) is 4.22. The number of rotatable bonds is 6. The highest BCUT2D eigenvalue weighted by atomic mass is 16.5. The quantitative estimate of drug-likeness (QED) is 0.598. The van der Waals surface area contributed by atoms with E-state index in [2.05, 4.69) is 24.5 Å². The zero-order valence-electron chi connectivity index (χ0n) is 21.1. The largest absolute Gasteiger partial charge is 0.356 e. The number of nitrogens with one attached hydrogen (secondary N) is 2. The fourth-order valence-electron chi connectivity index (χ4n) is 6.24. The highest BCUT2D eigenvalue weighted by molar-refractivity contribution is 6.00. The molecule has 3 heterocycles. The van der Waals surface area contributed by atoms with Crippen molar-refractivity contribution in [2.75, 3.05) is 6.54 Å². The predicted molar refractivity (Wildman–Crippen MR) is 126 cm³/mol. The second kappa shape index (κ2) is 8.40. The molecule has 2 N–H and O–H groups in total. The Morgan fingerprint density at radius 1 is 1.15 bits per heavy atom. The molecule has 3 amide bonds. The number of amides is 3. The van der Waals surface area contributed by atoms with Crippen LogP contribution in [0.5, 0.6) is 0 Å². The summed E-state index contributed by atoms with van der Waals surface area (Å²) in [5.41, 5.74) is -2.43. The van der Waals surface area contributed by atoms with Crippen LogP contribution in [0.3, 0.4) is 0 Å². The van der Waals surface area contributed by atoms with Gasteiger partial charge >= 0.3 is 0 Å². The highest BCUT2D eigenvalue weighted by Gasteiger charge is 2.76. The monoisotopic (exact) mass is 459 g/mol. The number of hydrogen-bond donors (Lipinski definition) is 2. The van der Waals surface area contributed by atoms with Crippen LogP contribution in [0.25, 0.3) is 0 Å². The minimum absolute atomic E-state index is 0.116. The molecule has 0 aromatic heterocycles. The summed E-state index contributed by atoms with van der Waals surface area (Å²) in [6, 6.07) is -0.624. The summed E-state index contributed by atoms with van der Waals surface area (Å²) in [5.74, 6) is -1.40. The van der Waals surface area contributed by atoms with Gasteiger partial charge in [-0.1, -0.05) is 45.3 Å². The molecule has 0 radical (unpaired) electrons. The molecule has 0 aromatic carbocycles. The van der Waals surface area contributed by atoms with Crippen LogP contribution in [0, 0.1) is 17.8 Å². The lowest BCUT2D eigenvalue weighted by Gasteiger charge is -2.35. The standard InChI is InChI=1S/C26H41N3O4/c1-16(2)12-15-29-20(22(31)28-24(3,4)5)26-14-13-25(6,33-26)18(19(26)23(29)32)21(30)27-17-10-8-7-9-11-17/h13-14,16-20H,7-12,15H2,1-6H3,(H,27,30)(H,28,31)/t18-,19-,20+,25+,26-/m0/s1. The van der Waals surface area contributed by atoms with Crippen LogP contribution in [0.2, 0.25) is 0 Å². The van der Waals surface area contributed by atoms with Crippen LogP contribution >= 0.6 is 0 Å². The zero-order valence-corrected chi connectivity index (χ0v) is 21.1. The fraction of sp³-hybridized carbons (Fsp3) is 0.808. The molecule has 4 aliphatic rings. The van der Waals surface area contributed by atoms with E-state index < -0.39 is 34.6 Å². The first kappa shape index (κ1) is 24.2. The van der Waals surface area contributed by atoms with Crippen molar-refractivity contribution in [3.05, 3.63) is 12.2 Å². The van der Waals surface area contributed by atoms with Crippen molar-refractivity contribution in [1.29, 1.82) is 0 Å². The topological polar surface area (TPSA) is 87.7 Å². The summed E-state index contributed by atoms with van der Waals surface area (Å²) < 4.78 is 6.55. The van der Waals surface area contributed by atoms with Gasteiger partial charge in [0.05, 0.1) is 17.4 Å². The van der Waals surface area contributed by atoms with Gasteiger partial charge in [0.1, 0.15) is 11.6 Å². The molecule has 2 saturated heterocycles. The Bertz CT molecular complexity index is 841. The van der Waals surface area contributed by atoms with Crippen LogP contribution in [0.15, 0.2) is 12.2 Å². The minimum atomic E-state index is -1.10. The normalized spacial score (nSPS) is 35.9. The van der Waals surface area contributed by atoms with E-state index in [9.17, 15) is 14.4 Å². The van der Waals surface area contributed by atoms with Gasteiger partial charge in [0.15, 0.2) is 0 Å². The molecular weight excluding hydrogens is 418 g/mol. The highest BCUT2D eigenvalue weighted by Crippen LogP contribution is 2.59. The van der Waals surface area contributed by atoms with E-state index in [4.69, 9.17) is 4.74 Å². The predicted octanol–water partition coefficient (Wildman–Crippen LogP) is 2.94. The van der Waals surface area contributed by atoms with Gasteiger partial charge in [-0.2, -0.15) is 0 Å². The molecule has 3 aliphatic heterocycles. The lowest BCUT2D eigenvalue weighted by atomic mass is 9.70. The van der Waals surface area contributed by atoms with Gasteiger partial charge in [-0.15, -0.1) is 0 Å². The molecule has 184 valence electrons. The summed E-state index contributed by atoms with van der Waals surface area (Å²) in [6.07, 6.45) is 9.99.